The second-order valence-electron chi connectivity index (χ2n) is 4.46. The Labute approximate surface area is 115 Å². The van der Waals surface area contributed by atoms with Gasteiger partial charge in [-0.25, -0.2) is 0 Å². The molecule has 18 heavy (non-hydrogen) atoms. The molecule has 98 valence electrons. The van der Waals surface area contributed by atoms with Crippen LogP contribution in [0.5, 0.6) is 0 Å². The molecule has 0 unspecified atom stereocenters. The molecule has 0 aliphatic carbocycles. The van der Waals surface area contributed by atoms with Crippen LogP contribution in [0, 0.1) is 6.92 Å². The summed E-state index contributed by atoms with van der Waals surface area (Å²) in [5, 5.41) is 6.11. The Morgan fingerprint density at radius 3 is 3.00 bits per heavy atom. The number of rotatable bonds is 2. The van der Waals surface area contributed by atoms with E-state index in [1.165, 1.54) is 0 Å². The Bertz CT molecular complexity index is 451. The first-order valence-corrected chi connectivity index (χ1v) is 6.79. The van der Waals surface area contributed by atoms with E-state index in [4.69, 9.17) is 4.74 Å². The highest BCUT2D eigenvalue weighted by Gasteiger charge is 2.28. The topological polar surface area (TPSA) is 50.4 Å². The molecule has 1 aromatic rings. The molecule has 1 aliphatic heterocycles. The van der Waals surface area contributed by atoms with Gasteiger partial charge in [0.05, 0.1) is 12.7 Å². The van der Waals surface area contributed by atoms with Crippen molar-refractivity contribution in [2.75, 3.05) is 18.5 Å². The van der Waals surface area contributed by atoms with Crippen LogP contribution in [0.15, 0.2) is 22.7 Å². The molecule has 0 saturated carbocycles. The number of carbonyl (C=O) groups is 1. The number of ether oxygens (including phenoxy) is 1. The van der Waals surface area contributed by atoms with Crippen molar-refractivity contribution in [3.05, 3.63) is 28.2 Å². The molecule has 5 heteroatoms. The average molecular weight is 313 g/mol. The fraction of sp³-hybridized carbons (Fsp3) is 0.462. The summed E-state index contributed by atoms with van der Waals surface area (Å²) in [6.45, 7) is 5.24. The molecule has 2 N–H and O–H groups in total. The van der Waals surface area contributed by atoms with Gasteiger partial charge in [-0.1, -0.05) is 15.9 Å². The number of aryl methyl sites for hydroxylation is 1. The second kappa shape index (κ2) is 5.82. The van der Waals surface area contributed by atoms with Crippen LogP contribution in [0.2, 0.25) is 0 Å². The van der Waals surface area contributed by atoms with E-state index in [1.54, 1.807) is 0 Å². The number of morpholine rings is 1. The zero-order chi connectivity index (χ0) is 13.1. The van der Waals surface area contributed by atoms with Crippen LogP contribution in [0.25, 0.3) is 0 Å². The van der Waals surface area contributed by atoms with E-state index >= 15 is 0 Å². The summed E-state index contributed by atoms with van der Waals surface area (Å²) < 4.78 is 6.47. The highest BCUT2D eigenvalue weighted by molar-refractivity contribution is 9.10. The highest BCUT2D eigenvalue weighted by Crippen LogP contribution is 2.20. The minimum Gasteiger partial charge on any atom is -0.375 e. The maximum absolute atomic E-state index is 12.1. The fourth-order valence-electron chi connectivity index (χ4n) is 2.01. The summed E-state index contributed by atoms with van der Waals surface area (Å²) in [7, 11) is 0. The molecular weight excluding hydrogens is 296 g/mol. The standard InChI is InChI=1S/C13H17BrN2O2/c1-8-7-10(14)3-4-11(8)16-13(17)12-9(2)18-6-5-15-12/h3-4,7,9,12,15H,5-6H2,1-2H3,(H,16,17)/t9-,12+/m1/s1. The molecule has 1 aromatic carbocycles. The first kappa shape index (κ1) is 13.5. The lowest BCUT2D eigenvalue weighted by Crippen LogP contribution is -2.53. The van der Waals surface area contributed by atoms with Gasteiger partial charge in [0.25, 0.3) is 0 Å². The van der Waals surface area contributed by atoms with Crippen LogP contribution in [-0.4, -0.2) is 31.2 Å². The van der Waals surface area contributed by atoms with Gasteiger partial charge in [0, 0.05) is 16.7 Å². The number of hydrogen-bond acceptors (Lipinski definition) is 3. The van der Waals surface area contributed by atoms with Gasteiger partial charge in [-0.2, -0.15) is 0 Å². The molecule has 1 saturated heterocycles. The molecule has 0 radical (unpaired) electrons. The van der Waals surface area contributed by atoms with Gasteiger partial charge in [-0.3, -0.25) is 4.79 Å². The minimum atomic E-state index is -0.290. The van der Waals surface area contributed by atoms with E-state index in [1.807, 2.05) is 32.0 Å². The van der Waals surface area contributed by atoms with E-state index in [0.29, 0.717) is 13.2 Å². The first-order valence-electron chi connectivity index (χ1n) is 6.00. The summed E-state index contributed by atoms with van der Waals surface area (Å²) in [4.78, 5) is 12.1. The summed E-state index contributed by atoms with van der Waals surface area (Å²) in [6.07, 6.45) is -0.102. The lowest BCUT2D eigenvalue weighted by Gasteiger charge is -2.29. The van der Waals surface area contributed by atoms with Crippen molar-refractivity contribution >= 4 is 27.5 Å². The van der Waals surface area contributed by atoms with Crippen LogP contribution in [0.4, 0.5) is 5.69 Å². The molecule has 1 aliphatic rings. The monoisotopic (exact) mass is 312 g/mol. The zero-order valence-electron chi connectivity index (χ0n) is 10.5. The summed E-state index contributed by atoms with van der Waals surface area (Å²) in [5.74, 6) is -0.0485. The van der Waals surface area contributed by atoms with Crippen LogP contribution < -0.4 is 10.6 Å². The Morgan fingerprint density at radius 1 is 1.56 bits per heavy atom. The minimum absolute atomic E-state index is 0.0485. The molecule has 1 fully saturated rings. The van der Waals surface area contributed by atoms with Crippen LogP contribution in [-0.2, 0) is 9.53 Å². The highest BCUT2D eigenvalue weighted by atomic mass is 79.9. The third-order valence-corrected chi connectivity index (χ3v) is 3.54. The normalized spacial score (nSPS) is 23.7. The van der Waals surface area contributed by atoms with Gasteiger partial charge < -0.3 is 15.4 Å². The lowest BCUT2D eigenvalue weighted by atomic mass is 10.1. The van der Waals surface area contributed by atoms with Gasteiger partial charge in [0.1, 0.15) is 6.04 Å². The van der Waals surface area contributed by atoms with Crippen molar-refractivity contribution in [1.29, 1.82) is 0 Å². The third-order valence-electron chi connectivity index (χ3n) is 3.05. The number of amides is 1. The van der Waals surface area contributed by atoms with E-state index in [0.717, 1.165) is 15.7 Å². The number of benzene rings is 1. The largest absolute Gasteiger partial charge is 0.375 e. The van der Waals surface area contributed by atoms with Crippen LogP contribution >= 0.6 is 15.9 Å². The Hall–Kier alpha value is -0.910. The average Bonchev–Trinajstić information content (AvgIpc) is 2.33. The van der Waals surface area contributed by atoms with Crippen molar-refractivity contribution in [3.63, 3.8) is 0 Å². The number of halogens is 1. The van der Waals surface area contributed by atoms with E-state index in [9.17, 15) is 4.79 Å². The van der Waals surface area contributed by atoms with Crippen molar-refractivity contribution in [1.82, 2.24) is 5.32 Å². The number of hydrogen-bond donors (Lipinski definition) is 2. The van der Waals surface area contributed by atoms with Gasteiger partial charge in [0.2, 0.25) is 5.91 Å². The molecule has 0 spiro atoms. The number of carbonyl (C=O) groups excluding carboxylic acids is 1. The van der Waals surface area contributed by atoms with E-state index in [-0.39, 0.29) is 18.1 Å². The predicted octanol–water partition coefficient (Wildman–Crippen LogP) is 2.07. The first-order chi connectivity index (χ1) is 8.58. The maximum atomic E-state index is 12.1. The van der Waals surface area contributed by atoms with Crippen molar-refractivity contribution in [2.45, 2.75) is 26.0 Å². The number of anilines is 1. The maximum Gasteiger partial charge on any atom is 0.244 e. The third kappa shape index (κ3) is 3.10. The summed E-state index contributed by atoms with van der Waals surface area (Å²) in [6, 6.07) is 5.49. The number of nitrogens with one attached hydrogen (secondary N) is 2. The van der Waals surface area contributed by atoms with Crippen molar-refractivity contribution in [2.24, 2.45) is 0 Å². The Kier molecular flexibility index (Phi) is 4.37. The smallest absolute Gasteiger partial charge is 0.244 e. The summed E-state index contributed by atoms with van der Waals surface area (Å²) >= 11 is 3.40. The van der Waals surface area contributed by atoms with Gasteiger partial charge in [0.15, 0.2) is 0 Å². The van der Waals surface area contributed by atoms with Gasteiger partial charge >= 0.3 is 0 Å². The second-order valence-corrected chi connectivity index (χ2v) is 5.37. The predicted molar refractivity (Wildman–Crippen MR) is 74.7 cm³/mol. The van der Waals surface area contributed by atoms with Crippen LogP contribution in [0.3, 0.4) is 0 Å². The molecule has 1 heterocycles. The molecule has 4 nitrogen and oxygen atoms in total. The molecule has 0 aromatic heterocycles. The van der Waals surface area contributed by atoms with E-state index in [2.05, 4.69) is 26.6 Å². The SMILES string of the molecule is Cc1cc(Br)ccc1NC(=O)[C@H]1NCCO[C@@H]1C. The van der Waals surface area contributed by atoms with Gasteiger partial charge in [-0.05, 0) is 37.6 Å². The Morgan fingerprint density at radius 2 is 2.33 bits per heavy atom. The van der Waals surface area contributed by atoms with Crippen molar-refractivity contribution in [3.8, 4) is 0 Å². The fourth-order valence-corrected chi connectivity index (χ4v) is 2.48. The summed E-state index contributed by atoms with van der Waals surface area (Å²) in [5.41, 5.74) is 1.87. The zero-order valence-corrected chi connectivity index (χ0v) is 12.1. The lowest BCUT2D eigenvalue weighted by molar-refractivity contribution is -0.123. The van der Waals surface area contributed by atoms with Crippen LogP contribution in [0.1, 0.15) is 12.5 Å². The molecule has 0 bridgehead atoms. The molecule has 2 rings (SSSR count). The Balaban J connectivity index is 2.06. The van der Waals surface area contributed by atoms with Gasteiger partial charge in [-0.15, -0.1) is 0 Å². The van der Waals surface area contributed by atoms with E-state index < -0.39 is 0 Å². The van der Waals surface area contributed by atoms with Crippen molar-refractivity contribution < 1.29 is 9.53 Å². The molecule has 1 amide bonds. The molecule has 2 atom stereocenters. The molecular formula is C13H17BrN2O2. The quantitative estimate of drug-likeness (QED) is 0.879.